The minimum Gasteiger partial charge on any atom is -0.389 e. The monoisotopic (exact) mass is 166 g/mol. The quantitative estimate of drug-likeness (QED) is 0.365. The molecular formula is C11H18O. The largest absolute Gasteiger partial charge is 0.389 e. The average Bonchev–Trinajstić information content (AvgIpc) is 2.06. The van der Waals surface area contributed by atoms with E-state index >= 15 is 0 Å². The van der Waals surface area contributed by atoms with Gasteiger partial charge in [0.1, 0.15) is 0 Å². The van der Waals surface area contributed by atoms with Gasteiger partial charge in [-0.3, -0.25) is 0 Å². The maximum absolute atomic E-state index is 9.35. The Morgan fingerprint density at radius 3 is 2.75 bits per heavy atom. The molecule has 0 saturated carbocycles. The number of hydrogen-bond acceptors (Lipinski definition) is 1. The van der Waals surface area contributed by atoms with Crippen molar-refractivity contribution in [2.75, 3.05) is 0 Å². The summed E-state index contributed by atoms with van der Waals surface area (Å²) in [6.45, 7) is 5.57. The van der Waals surface area contributed by atoms with Crippen molar-refractivity contribution in [3.8, 4) is 0 Å². The third-order valence-corrected chi connectivity index (χ3v) is 1.54. The Hall–Kier alpha value is -0.820. The van der Waals surface area contributed by atoms with Gasteiger partial charge in [0, 0.05) is 0 Å². The Kier molecular flexibility index (Phi) is 7.71. The molecule has 12 heavy (non-hydrogen) atoms. The highest BCUT2D eigenvalue weighted by Gasteiger charge is 1.95. The van der Waals surface area contributed by atoms with E-state index in [9.17, 15) is 5.11 Å². The van der Waals surface area contributed by atoms with Crippen molar-refractivity contribution in [3.05, 3.63) is 37.0 Å². The van der Waals surface area contributed by atoms with Gasteiger partial charge in [-0.15, -0.1) is 6.58 Å². The van der Waals surface area contributed by atoms with Crippen LogP contribution in [0.1, 0.15) is 26.2 Å². The van der Waals surface area contributed by atoms with Gasteiger partial charge in [-0.05, 0) is 26.2 Å². The van der Waals surface area contributed by atoms with Crippen LogP contribution in [0.4, 0.5) is 0 Å². The third-order valence-electron chi connectivity index (χ3n) is 1.54. The number of aliphatic hydroxyl groups is 1. The second kappa shape index (κ2) is 8.28. The number of unbranched alkanes of at least 4 members (excludes halogenated alkanes) is 1. The number of allylic oxidation sites excluding steroid dienone is 4. The summed E-state index contributed by atoms with van der Waals surface area (Å²) >= 11 is 0. The topological polar surface area (TPSA) is 20.2 Å². The first-order chi connectivity index (χ1) is 5.81. The molecule has 0 aliphatic rings. The minimum absolute atomic E-state index is 0.304. The first-order valence-corrected chi connectivity index (χ1v) is 4.39. The maximum atomic E-state index is 9.35. The summed E-state index contributed by atoms with van der Waals surface area (Å²) in [4.78, 5) is 0. The SMILES string of the molecule is C=CCCC[C@@H](O)/C=C/C=C/C. The standard InChI is InChI=1S/C11H18O/c1-3-5-7-9-11(12)10-8-6-4-2/h3-4,6,8,10-12H,1,5,7,9H2,2H3/b6-4+,10-8+/t11-/m1/s1. The third kappa shape index (κ3) is 7.29. The molecule has 0 saturated heterocycles. The van der Waals surface area contributed by atoms with Crippen LogP contribution in [-0.2, 0) is 0 Å². The van der Waals surface area contributed by atoms with E-state index < -0.39 is 0 Å². The Balaban J connectivity index is 3.44. The van der Waals surface area contributed by atoms with Crippen LogP contribution >= 0.6 is 0 Å². The molecule has 1 heteroatoms. The predicted molar refractivity (Wildman–Crippen MR) is 54.0 cm³/mol. The van der Waals surface area contributed by atoms with E-state index in [1.807, 2.05) is 37.3 Å². The molecule has 0 aromatic heterocycles. The van der Waals surface area contributed by atoms with E-state index in [2.05, 4.69) is 6.58 Å². The molecule has 0 heterocycles. The lowest BCUT2D eigenvalue weighted by molar-refractivity contribution is 0.210. The van der Waals surface area contributed by atoms with E-state index in [4.69, 9.17) is 0 Å². The molecule has 1 atom stereocenters. The molecule has 0 unspecified atom stereocenters. The van der Waals surface area contributed by atoms with Crippen LogP contribution in [0.25, 0.3) is 0 Å². The lowest BCUT2D eigenvalue weighted by Gasteiger charge is -2.01. The molecule has 0 aromatic rings. The van der Waals surface area contributed by atoms with Crippen molar-refractivity contribution in [3.63, 3.8) is 0 Å². The summed E-state index contributed by atoms with van der Waals surface area (Å²) in [5.74, 6) is 0. The van der Waals surface area contributed by atoms with E-state index in [0.717, 1.165) is 19.3 Å². The van der Waals surface area contributed by atoms with Crippen molar-refractivity contribution in [1.29, 1.82) is 0 Å². The molecule has 0 rings (SSSR count). The van der Waals surface area contributed by atoms with Crippen LogP contribution in [0.5, 0.6) is 0 Å². The van der Waals surface area contributed by atoms with Crippen LogP contribution in [0, 0.1) is 0 Å². The molecule has 0 aliphatic heterocycles. The molecule has 0 spiro atoms. The molecular weight excluding hydrogens is 148 g/mol. The van der Waals surface area contributed by atoms with Crippen molar-refractivity contribution in [2.24, 2.45) is 0 Å². The zero-order valence-electron chi connectivity index (χ0n) is 7.74. The van der Waals surface area contributed by atoms with Crippen molar-refractivity contribution in [2.45, 2.75) is 32.3 Å². The van der Waals surface area contributed by atoms with Gasteiger partial charge in [0.15, 0.2) is 0 Å². The molecule has 0 aliphatic carbocycles. The van der Waals surface area contributed by atoms with E-state index in [-0.39, 0.29) is 6.10 Å². The van der Waals surface area contributed by atoms with Crippen LogP contribution in [0.15, 0.2) is 37.0 Å². The van der Waals surface area contributed by atoms with Gasteiger partial charge in [-0.25, -0.2) is 0 Å². The highest BCUT2D eigenvalue weighted by atomic mass is 16.3. The maximum Gasteiger partial charge on any atom is 0.0724 e. The van der Waals surface area contributed by atoms with E-state index in [0.29, 0.717) is 0 Å². The van der Waals surface area contributed by atoms with Gasteiger partial charge in [0.25, 0.3) is 0 Å². The summed E-state index contributed by atoms with van der Waals surface area (Å²) in [6, 6.07) is 0. The summed E-state index contributed by atoms with van der Waals surface area (Å²) in [5, 5.41) is 9.35. The van der Waals surface area contributed by atoms with Crippen LogP contribution < -0.4 is 0 Å². The zero-order chi connectivity index (χ0) is 9.23. The number of aliphatic hydroxyl groups excluding tert-OH is 1. The van der Waals surface area contributed by atoms with Gasteiger partial charge >= 0.3 is 0 Å². The van der Waals surface area contributed by atoms with Crippen molar-refractivity contribution >= 4 is 0 Å². The van der Waals surface area contributed by atoms with Gasteiger partial charge < -0.3 is 5.11 Å². The smallest absolute Gasteiger partial charge is 0.0724 e. The lowest BCUT2D eigenvalue weighted by atomic mass is 10.1. The van der Waals surface area contributed by atoms with Crippen molar-refractivity contribution < 1.29 is 5.11 Å². The highest BCUT2D eigenvalue weighted by molar-refractivity contribution is 5.03. The van der Waals surface area contributed by atoms with Crippen LogP contribution in [0.3, 0.4) is 0 Å². The molecule has 68 valence electrons. The molecule has 1 N–H and O–H groups in total. The van der Waals surface area contributed by atoms with Gasteiger partial charge in [0.2, 0.25) is 0 Å². The minimum atomic E-state index is -0.304. The Bertz CT molecular complexity index is 156. The summed E-state index contributed by atoms with van der Waals surface area (Å²) in [6.07, 6.45) is 11.9. The molecule has 0 aromatic carbocycles. The fourth-order valence-corrected chi connectivity index (χ4v) is 0.871. The second-order valence-corrected chi connectivity index (χ2v) is 2.70. The van der Waals surface area contributed by atoms with E-state index in [1.165, 1.54) is 0 Å². The number of hydrogen-bond donors (Lipinski definition) is 1. The fraction of sp³-hybridized carbons (Fsp3) is 0.455. The van der Waals surface area contributed by atoms with Gasteiger partial charge in [0.05, 0.1) is 6.10 Å². The molecule has 0 amide bonds. The Morgan fingerprint density at radius 2 is 2.17 bits per heavy atom. The Labute approximate surface area is 75.1 Å². The molecule has 0 radical (unpaired) electrons. The van der Waals surface area contributed by atoms with Gasteiger partial charge in [-0.2, -0.15) is 0 Å². The predicted octanol–water partition coefficient (Wildman–Crippen LogP) is 2.84. The molecule has 0 bridgehead atoms. The van der Waals surface area contributed by atoms with Crippen LogP contribution in [0.2, 0.25) is 0 Å². The van der Waals surface area contributed by atoms with Gasteiger partial charge in [-0.1, -0.05) is 30.4 Å². The molecule has 0 fully saturated rings. The lowest BCUT2D eigenvalue weighted by Crippen LogP contribution is -2.00. The average molecular weight is 166 g/mol. The van der Waals surface area contributed by atoms with Crippen molar-refractivity contribution in [1.82, 2.24) is 0 Å². The summed E-state index contributed by atoms with van der Waals surface area (Å²) < 4.78 is 0. The van der Waals surface area contributed by atoms with Crippen LogP contribution in [-0.4, -0.2) is 11.2 Å². The first-order valence-electron chi connectivity index (χ1n) is 4.39. The number of rotatable bonds is 6. The normalized spacial score (nSPS) is 14.2. The summed E-state index contributed by atoms with van der Waals surface area (Å²) in [5.41, 5.74) is 0. The zero-order valence-corrected chi connectivity index (χ0v) is 7.74. The summed E-state index contributed by atoms with van der Waals surface area (Å²) in [7, 11) is 0. The Morgan fingerprint density at radius 1 is 1.42 bits per heavy atom. The molecule has 1 nitrogen and oxygen atoms in total. The second-order valence-electron chi connectivity index (χ2n) is 2.70. The highest BCUT2D eigenvalue weighted by Crippen LogP contribution is 2.02. The fourth-order valence-electron chi connectivity index (χ4n) is 0.871. The van der Waals surface area contributed by atoms with E-state index in [1.54, 1.807) is 0 Å². The first kappa shape index (κ1) is 11.2.